The Labute approximate surface area is 186 Å². The molecule has 2 aromatic heterocycles. The summed E-state index contributed by atoms with van der Waals surface area (Å²) >= 11 is 1.54. The van der Waals surface area contributed by atoms with E-state index in [9.17, 15) is 4.79 Å². The first kappa shape index (κ1) is 20.0. The van der Waals surface area contributed by atoms with Gasteiger partial charge in [0.25, 0.3) is 5.91 Å². The van der Waals surface area contributed by atoms with Gasteiger partial charge in [0.1, 0.15) is 10.7 Å². The molecule has 0 unspecified atom stereocenters. The summed E-state index contributed by atoms with van der Waals surface area (Å²) in [6, 6.07) is 21.0. The molecule has 1 amide bonds. The molecule has 0 spiro atoms. The second kappa shape index (κ2) is 8.65. The molecule has 1 fully saturated rings. The van der Waals surface area contributed by atoms with Crippen molar-refractivity contribution >= 4 is 28.1 Å². The maximum Gasteiger partial charge on any atom is 0.273 e. The zero-order valence-corrected chi connectivity index (χ0v) is 18.5. The molecule has 4 aromatic rings. The van der Waals surface area contributed by atoms with Gasteiger partial charge >= 0.3 is 0 Å². The zero-order chi connectivity index (χ0) is 21.2. The fourth-order valence-electron chi connectivity index (χ4n) is 4.25. The summed E-state index contributed by atoms with van der Waals surface area (Å²) < 4.78 is 2.15. The minimum atomic E-state index is 0.0453. The van der Waals surface area contributed by atoms with E-state index < -0.39 is 0 Å². The van der Waals surface area contributed by atoms with Crippen molar-refractivity contribution in [2.75, 3.05) is 32.7 Å². The molecular weight excluding hydrogens is 404 g/mol. The number of amides is 1. The van der Waals surface area contributed by atoms with Crippen molar-refractivity contribution in [1.82, 2.24) is 19.4 Å². The third-order valence-corrected chi connectivity index (χ3v) is 6.98. The highest BCUT2D eigenvalue weighted by molar-refractivity contribution is 7.13. The van der Waals surface area contributed by atoms with E-state index >= 15 is 0 Å². The van der Waals surface area contributed by atoms with Crippen LogP contribution in [0.2, 0.25) is 0 Å². The largest absolute Gasteiger partial charge is 0.342 e. The van der Waals surface area contributed by atoms with E-state index in [1.165, 1.54) is 16.5 Å². The lowest BCUT2D eigenvalue weighted by Gasteiger charge is -2.34. The van der Waals surface area contributed by atoms with Gasteiger partial charge < -0.3 is 9.47 Å². The van der Waals surface area contributed by atoms with Crippen molar-refractivity contribution < 1.29 is 4.79 Å². The first-order valence-corrected chi connectivity index (χ1v) is 11.6. The van der Waals surface area contributed by atoms with Gasteiger partial charge in [-0.2, -0.15) is 0 Å². The highest BCUT2D eigenvalue weighted by Crippen LogP contribution is 2.29. The monoisotopic (exact) mass is 430 g/mol. The van der Waals surface area contributed by atoms with Crippen LogP contribution in [0.3, 0.4) is 0 Å². The Morgan fingerprint density at radius 2 is 1.74 bits per heavy atom. The summed E-state index contributed by atoms with van der Waals surface area (Å²) in [7, 11) is 2.05. The van der Waals surface area contributed by atoms with Crippen LogP contribution in [0.15, 0.2) is 66.0 Å². The molecule has 5 nitrogen and oxygen atoms in total. The molecule has 0 bridgehead atoms. The van der Waals surface area contributed by atoms with E-state index in [1.54, 1.807) is 11.3 Å². The van der Waals surface area contributed by atoms with Crippen LogP contribution in [-0.4, -0.2) is 58.0 Å². The summed E-state index contributed by atoms with van der Waals surface area (Å²) in [5.41, 5.74) is 4.15. The number of rotatable bonds is 5. The zero-order valence-electron chi connectivity index (χ0n) is 17.7. The highest BCUT2D eigenvalue weighted by atomic mass is 32.1. The molecule has 1 saturated heterocycles. The van der Waals surface area contributed by atoms with Crippen LogP contribution in [0.5, 0.6) is 0 Å². The smallest absolute Gasteiger partial charge is 0.273 e. The average molecular weight is 431 g/mol. The Balaban J connectivity index is 1.21. The number of carbonyl (C=O) groups is 1. The third-order valence-electron chi connectivity index (χ3n) is 6.11. The summed E-state index contributed by atoms with van der Waals surface area (Å²) in [4.78, 5) is 22.1. The standard InChI is InChI=1S/C25H26N4OS/c1-27-22-10-6-5-9-20(22)17-23(27)24-26-21(18-31-24)25(30)29-15-13-28(14-16-29)12-11-19-7-3-2-4-8-19/h2-10,17-18H,11-16H2,1H3. The second-order valence-electron chi connectivity index (χ2n) is 8.05. The quantitative estimate of drug-likeness (QED) is 0.474. The number of aromatic nitrogens is 2. The number of benzene rings is 2. The van der Waals surface area contributed by atoms with Gasteiger partial charge in [0.05, 0.1) is 5.69 Å². The molecule has 3 heterocycles. The molecule has 6 heteroatoms. The van der Waals surface area contributed by atoms with Crippen molar-refractivity contribution in [3.8, 4) is 10.7 Å². The molecule has 158 valence electrons. The molecule has 0 atom stereocenters. The average Bonchev–Trinajstić information content (AvgIpc) is 3.43. The maximum atomic E-state index is 13.0. The number of carbonyl (C=O) groups excluding carboxylic acids is 1. The Hall–Kier alpha value is -2.96. The van der Waals surface area contributed by atoms with E-state index in [-0.39, 0.29) is 5.91 Å². The summed E-state index contributed by atoms with van der Waals surface area (Å²) in [6.07, 6.45) is 1.05. The topological polar surface area (TPSA) is 41.4 Å². The number of fused-ring (bicyclic) bond motifs is 1. The van der Waals surface area contributed by atoms with Crippen molar-refractivity contribution in [2.45, 2.75) is 6.42 Å². The maximum absolute atomic E-state index is 13.0. The predicted molar refractivity (Wildman–Crippen MR) is 127 cm³/mol. The van der Waals surface area contributed by atoms with Crippen molar-refractivity contribution in [2.24, 2.45) is 7.05 Å². The molecule has 2 aromatic carbocycles. The van der Waals surface area contributed by atoms with Gasteiger partial charge in [0, 0.05) is 56.1 Å². The van der Waals surface area contributed by atoms with Crippen LogP contribution in [0.25, 0.3) is 21.6 Å². The summed E-state index contributed by atoms with van der Waals surface area (Å²) in [5.74, 6) is 0.0453. The predicted octanol–water partition coefficient (Wildman–Crippen LogP) is 4.30. The van der Waals surface area contributed by atoms with E-state index in [1.807, 2.05) is 22.4 Å². The molecular formula is C25H26N4OS. The normalized spacial score (nSPS) is 14.9. The van der Waals surface area contributed by atoms with Crippen LogP contribution >= 0.6 is 11.3 Å². The molecule has 0 aliphatic carbocycles. The summed E-state index contributed by atoms with van der Waals surface area (Å²) in [5, 5.41) is 3.98. The highest BCUT2D eigenvalue weighted by Gasteiger charge is 2.24. The molecule has 1 aliphatic heterocycles. The minimum Gasteiger partial charge on any atom is -0.342 e. The number of aryl methyl sites for hydroxylation is 1. The number of para-hydroxylation sites is 1. The Kier molecular flexibility index (Phi) is 5.57. The molecule has 0 radical (unpaired) electrons. The first-order chi connectivity index (χ1) is 15.2. The lowest BCUT2D eigenvalue weighted by atomic mass is 10.1. The number of piperazine rings is 1. The molecule has 5 rings (SSSR count). The fraction of sp³-hybridized carbons (Fsp3) is 0.280. The van der Waals surface area contributed by atoms with Gasteiger partial charge in [0.2, 0.25) is 0 Å². The lowest BCUT2D eigenvalue weighted by molar-refractivity contribution is 0.0633. The van der Waals surface area contributed by atoms with Gasteiger partial charge in [0.15, 0.2) is 0 Å². The van der Waals surface area contributed by atoms with Gasteiger partial charge in [-0.1, -0.05) is 48.5 Å². The number of hydrogen-bond acceptors (Lipinski definition) is 4. The third kappa shape index (κ3) is 4.13. The fourth-order valence-corrected chi connectivity index (χ4v) is 5.10. The Bertz CT molecular complexity index is 1190. The van der Waals surface area contributed by atoms with E-state index in [2.05, 4.69) is 65.0 Å². The Morgan fingerprint density at radius 3 is 2.52 bits per heavy atom. The van der Waals surface area contributed by atoms with Gasteiger partial charge in [-0.15, -0.1) is 11.3 Å². The van der Waals surface area contributed by atoms with Crippen LogP contribution in [0, 0.1) is 0 Å². The van der Waals surface area contributed by atoms with Crippen molar-refractivity contribution in [3.05, 3.63) is 77.3 Å². The molecule has 0 N–H and O–H groups in total. The Morgan fingerprint density at radius 1 is 1.00 bits per heavy atom. The number of hydrogen-bond donors (Lipinski definition) is 0. The van der Waals surface area contributed by atoms with Crippen LogP contribution < -0.4 is 0 Å². The number of thiazole rings is 1. The molecule has 0 saturated carbocycles. The second-order valence-corrected chi connectivity index (χ2v) is 8.91. The van der Waals surface area contributed by atoms with E-state index in [0.717, 1.165) is 49.8 Å². The van der Waals surface area contributed by atoms with E-state index in [4.69, 9.17) is 4.98 Å². The molecule has 1 aliphatic rings. The van der Waals surface area contributed by atoms with Gasteiger partial charge in [-0.3, -0.25) is 9.69 Å². The molecule has 31 heavy (non-hydrogen) atoms. The van der Waals surface area contributed by atoms with Crippen LogP contribution in [0.4, 0.5) is 0 Å². The van der Waals surface area contributed by atoms with Gasteiger partial charge in [-0.05, 0) is 24.1 Å². The minimum absolute atomic E-state index is 0.0453. The van der Waals surface area contributed by atoms with E-state index in [0.29, 0.717) is 5.69 Å². The SMILES string of the molecule is Cn1c(-c2nc(C(=O)N3CCN(CCc4ccccc4)CC3)cs2)cc2ccccc21. The van der Waals surface area contributed by atoms with Gasteiger partial charge in [-0.25, -0.2) is 4.98 Å². The first-order valence-electron chi connectivity index (χ1n) is 10.7. The van der Waals surface area contributed by atoms with Crippen LogP contribution in [0.1, 0.15) is 16.1 Å². The van der Waals surface area contributed by atoms with Crippen LogP contribution in [-0.2, 0) is 13.5 Å². The summed E-state index contributed by atoms with van der Waals surface area (Å²) in [6.45, 7) is 4.38. The lowest BCUT2D eigenvalue weighted by Crippen LogP contribution is -2.49. The van der Waals surface area contributed by atoms with Crippen molar-refractivity contribution in [1.29, 1.82) is 0 Å². The number of nitrogens with zero attached hydrogens (tertiary/aromatic N) is 4. The van der Waals surface area contributed by atoms with Crippen molar-refractivity contribution in [3.63, 3.8) is 0 Å².